The fraction of sp³-hybridized carbons (Fsp3) is 0.333. The summed E-state index contributed by atoms with van der Waals surface area (Å²) < 4.78 is 41.3. The Morgan fingerprint density at radius 1 is 1.09 bits per heavy atom. The Morgan fingerprint density at radius 2 is 1.88 bits per heavy atom. The molecule has 2 aromatic carbocycles. The van der Waals surface area contributed by atoms with Gasteiger partial charge in [0.2, 0.25) is 5.91 Å². The van der Waals surface area contributed by atoms with Gasteiger partial charge in [-0.15, -0.1) is 0 Å². The Kier molecular flexibility index (Phi) is 5.26. The van der Waals surface area contributed by atoms with Crippen molar-refractivity contribution in [2.45, 2.75) is 18.8 Å². The molecule has 0 bridgehead atoms. The number of halogens is 3. The standard InChI is InChI=1S/C24H21F3N4O2/c25-20-6-5-15(10-21-18-4-2-1-3-16(18)11-28-29-21)9-19(20)23(33)31-12-17(13-31)22(32)30-8-7-24(26,27)14-30/h1-6,9,11,17H,7-8,10,12-14H2. The lowest BCUT2D eigenvalue weighted by Gasteiger charge is -2.40. The molecule has 2 saturated heterocycles. The quantitative estimate of drug-likeness (QED) is 0.607. The van der Waals surface area contributed by atoms with Crippen molar-refractivity contribution >= 4 is 22.6 Å². The van der Waals surface area contributed by atoms with Gasteiger partial charge in [0.1, 0.15) is 5.82 Å². The van der Waals surface area contributed by atoms with Gasteiger partial charge in [-0.1, -0.05) is 30.3 Å². The van der Waals surface area contributed by atoms with Crippen LogP contribution in [0.3, 0.4) is 0 Å². The van der Waals surface area contributed by atoms with E-state index < -0.39 is 30.1 Å². The maximum absolute atomic E-state index is 14.5. The van der Waals surface area contributed by atoms with Gasteiger partial charge >= 0.3 is 0 Å². The smallest absolute Gasteiger partial charge is 0.267 e. The van der Waals surface area contributed by atoms with Crippen LogP contribution in [-0.2, 0) is 11.2 Å². The van der Waals surface area contributed by atoms with E-state index in [0.717, 1.165) is 21.4 Å². The molecule has 9 heteroatoms. The highest BCUT2D eigenvalue weighted by molar-refractivity contribution is 5.96. The summed E-state index contributed by atoms with van der Waals surface area (Å²) in [6.45, 7) is -0.371. The Balaban J connectivity index is 1.28. The molecular formula is C24H21F3N4O2. The summed E-state index contributed by atoms with van der Waals surface area (Å²) in [4.78, 5) is 27.8. The first-order chi connectivity index (χ1) is 15.8. The minimum absolute atomic E-state index is 0.0179. The van der Waals surface area contributed by atoms with Crippen molar-refractivity contribution in [3.05, 3.63) is 71.3 Å². The first-order valence-electron chi connectivity index (χ1n) is 10.7. The summed E-state index contributed by atoms with van der Waals surface area (Å²) in [7, 11) is 0. The molecule has 0 aliphatic carbocycles. The molecule has 0 N–H and O–H groups in total. The van der Waals surface area contributed by atoms with Crippen molar-refractivity contribution in [1.82, 2.24) is 20.0 Å². The van der Waals surface area contributed by atoms with Crippen LogP contribution in [0, 0.1) is 11.7 Å². The molecule has 2 amide bonds. The molecule has 33 heavy (non-hydrogen) atoms. The highest BCUT2D eigenvalue weighted by atomic mass is 19.3. The summed E-state index contributed by atoms with van der Waals surface area (Å²) in [6.07, 6.45) is 1.70. The fourth-order valence-electron chi connectivity index (χ4n) is 4.41. The minimum atomic E-state index is -2.85. The third kappa shape index (κ3) is 4.15. The van der Waals surface area contributed by atoms with Gasteiger partial charge in [0.05, 0.1) is 29.9 Å². The number of nitrogens with zero attached hydrogens (tertiary/aromatic N) is 4. The van der Waals surface area contributed by atoms with Crippen molar-refractivity contribution < 1.29 is 22.8 Å². The van der Waals surface area contributed by atoms with Gasteiger partial charge in [0.15, 0.2) is 0 Å². The summed E-state index contributed by atoms with van der Waals surface area (Å²) in [5.41, 5.74) is 1.34. The molecule has 6 nitrogen and oxygen atoms in total. The number of benzene rings is 2. The van der Waals surface area contributed by atoms with Gasteiger partial charge in [-0.2, -0.15) is 10.2 Å². The molecular weight excluding hydrogens is 433 g/mol. The SMILES string of the molecule is O=C(c1cc(Cc2nncc3ccccc23)ccc1F)N1CC(C(=O)N2CCC(F)(F)C2)C1. The Morgan fingerprint density at radius 3 is 2.64 bits per heavy atom. The number of hydrogen-bond acceptors (Lipinski definition) is 4. The van der Waals surface area contributed by atoms with Gasteiger partial charge in [-0.05, 0) is 17.7 Å². The first-order valence-corrected chi connectivity index (χ1v) is 10.7. The second-order valence-electron chi connectivity index (χ2n) is 8.64. The third-order valence-electron chi connectivity index (χ3n) is 6.28. The van der Waals surface area contributed by atoms with Crippen molar-refractivity contribution in [1.29, 1.82) is 0 Å². The normalized spacial score (nSPS) is 17.9. The van der Waals surface area contributed by atoms with Crippen LogP contribution in [-0.4, -0.2) is 63.9 Å². The van der Waals surface area contributed by atoms with E-state index in [9.17, 15) is 22.8 Å². The molecule has 2 aliphatic rings. The van der Waals surface area contributed by atoms with Crippen LogP contribution in [0.1, 0.15) is 28.0 Å². The fourth-order valence-corrected chi connectivity index (χ4v) is 4.41. The number of carbonyl (C=O) groups excluding carboxylic acids is 2. The van der Waals surface area contributed by atoms with Crippen LogP contribution in [0.25, 0.3) is 10.8 Å². The van der Waals surface area contributed by atoms with Gasteiger partial charge in [0, 0.05) is 43.2 Å². The highest BCUT2D eigenvalue weighted by Gasteiger charge is 2.45. The molecule has 0 radical (unpaired) electrons. The Bertz CT molecular complexity index is 1240. The number of amides is 2. The number of aromatic nitrogens is 2. The maximum Gasteiger partial charge on any atom is 0.267 e. The van der Waals surface area contributed by atoms with Crippen LogP contribution in [0.2, 0.25) is 0 Å². The second-order valence-corrected chi connectivity index (χ2v) is 8.64. The molecule has 0 unspecified atom stereocenters. The number of alkyl halides is 2. The lowest BCUT2D eigenvalue weighted by molar-refractivity contribution is -0.140. The van der Waals surface area contributed by atoms with Crippen molar-refractivity contribution in [3.63, 3.8) is 0 Å². The first kappa shape index (κ1) is 21.4. The summed E-state index contributed by atoms with van der Waals surface area (Å²) >= 11 is 0. The lowest BCUT2D eigenvalue weighted by Crippen LogP contribution is -2.56. The predicted octanol–water partition coefficient (Wildman–Crippen LogP) is 3.30. The van der Waals surface area contributed by atoms with Crippen LogP contribution in [0.15, 0.2) is 48.7 Å². The van der Waals surface area contributed by atoms with Crippen LogP contribution < -0.4 is 0 Å². The minimum Gasteiger partial charge on any atom is -0.337 e. The largest absolute Gasteiger partial charge is 0.337 e. The predicted molar refractivity (Wildman–Crippen MR) is 114 cm³/mol. The molecule has 3 heterocycles. The molecule has 0 saturated carbocycles. The van der Waals surface area contributed by atoms with E-state index in [2.05, 4.69) is 10.2 Å². The van der Waals surface area contributed by atoms with E-state index in [1.165, 1.54) is 17.0 Å². The zero-order valence-corrected chi connectivity index (χ0v) is 17.7. The maximum atomic E-state index is 14.5. The Labute approximate surface area is 188 Å². The van der Waals surface area contributed by atoms with Crippen LogP contribution >= 0.6 is 0 Å². The lowest BCUT2D eigenvalue weighted by atomic mass is 9.96. The van der Waals surface area contributed by atoms with E-state index in [1.807, 2.05) is 24.3 Å². The van der Waals surface area contributed by atoms with Gasteiger partial charge in [0.25, 0.3) is 11.8 Å². The van der Waals surface area contributed by atoms with Crippen molar-refractivity contribution in [3.8, 4) is 0 Å². The van der Waals surface area contributed by atoms with E-state index in [-0.39, 0.29) is 37.5 Å². The summed E-state index contributed by atoms with van der Waals surface area (Å²) in [6, 6.07) is 12.0. The number of hydrogen-bond donors (Lipinski definition) is 0. The second kappa shape index (κ2) is 8.13. The molecule has 170 valence electrons. The van der Waals surface area contributed by atoms with Crippen LogP contribution in [0.5, 0.6) is 0 Å². The molecule has 0 atom stereocenters. The number of fused-ring (bicyclic) bond motifs is 1. The molecule has 5 rings (SSSR count). The average Bonchev–Trinajstić information content (AvgIpc) is 3.14. The average molecular weight is 454 g/mol. The summed E-state index contributed by atoms with van der Waals surface area (Å²) in [5.74, 6) is -4.93. The third-order valence-corrected chi connectivity index (χ3v) is 6.28. The van der Waals surface area contributed by atoms with E-state index in [0.29, 0.717) is 12.0 Å². The van der Waals surface area contributed by atoms with Crippen molar-refractivity contribution in [2.24, 2.45) is 5.92 Å². The topological polar surface area (TPSA) is 66.4 Å². The number of rotatable bonds is 4. The van der Waals surface area contributed by atoms with Gasteiger partial charge < -0.3 is 9.80 Å². The molecule has 3 aromatic rings. The van der Waals surface area contributed by atoms with E-state index in [4.69, 9.17) is 0 Å². The molecule has 1 aromatic heterocycles. The number of carbonyl (C=O) groups is 2. The molecule has 2 fully saturated rings. The van der Waals surface area contributed by atoms with E-state index >= 15 is 0 Å². The van der Waals surface area contributed by atoms with Gasteiger partial charge in [-0.3, -0.25) is 9.59 Å². The Hall–Kier alpha value is -3.49. The highest BCUT2D eigenvalue weighted by Crippen LogP contribution is 2.30. The number of likely N-dealkylation sites (tertiary alicyclic amines) is 2. The van der Waals surface area contributed by atoms with Gasteiger partial charge in [-0.25, -0.2) is 13.2 Å². The molecule has 0 spiro atoms. The molecule has 2 aliphatic heterocycles. The summed E-state index contributed by atoms with van der Waals surface area (Å²) in [5, 5.41) is 10.1. The monoisotopic (exact) mass is 454 g/mol. The van der Waals surface area contributed by atoms with Crippen molar-refractivity contribution in [2.75, 3.05) is 26.2 Å². The zero-order chi connectivity index (χ0) is 23.2. The van der Waals surface area contributed by atoms with Crippen LogP contribution in [0.4, 0.5) is 13.2 Å². The zero-order valence-electron chi connectivity index (χ0n) is 17.7. The van der Waals surface area contributed by atoms with E-state index in [1.54, 1.807) is 12.3 Å².